The summed E-state index contributed by atoms with van der Waals surface area (Å²) in [5.41, 5.74) is 9.56. The number of pyridine rings is 2. The van der Waals surface area contributed by atoms with Crippen molar-refractivity contribution >= 4 is 40.5 Å². The molecule has 0 radical (unpaired) electrons. The van der Waals surface area contributed by atoms with Gasteiger partial charge in [-0.05, 0) is 42.0 Å². The number of anilines is 2. The highest BCUT2D eigenvalue weighted by atomic mass is 35.5. The molecule has 0 aliphatic heterocycles. The third-order valence-electron chi connectivity index (χ3n) is 4.17. The van der Waals surface area contributed by atoms with Gasteiger partial charge in [0, 0.05) is 17.8 Å². The zero-order valence-electron chi connectivity index (χ0n) is 14.5. The Morgan fingerprint density at radius 3 is 2.61 bits per heavy atom. The maximum atomic E-state index is 11.0. The van der Waals surface area contributed by atoms with E-state index in [0.29, 0.717) is 34.2 Å². The molecule has 140 valence electrons. The molecule has 0 unspecified atom stereocenters. The fourth-order valence-corrected chi connectivity index (χ4v) is 3.08. The first-order valence-electron chi connectivity index (χ1n) is 8.32. The summed E-state index contributed by atoms with van der Waals surface area (Å²) in [6.07, 6.45) is 0.412. The zero-order valence-corrected chi connectivity index (χ0v) is 15.3. The molecule has 4 aromatic rings. The maximum Gasteiger partial charge on any atom is 0.410 e. The van der Waals surface area contributed by atoms with Gasteiger partial charge < -0.3 is 10.8 Å². The van der Waals surface area contributed by atoms with Crippen molar-refractivity contribution in [1.82, 2.24) is 19.5 Å². The van der Waals surface area contributed by atoms with E-state index in [1.165, 1.54) is 0 Å². The molecular formula is C19H15ClN6O2. The number of rotatable bonds is 4. The fourth-order valence-electron chi connectivity index (χ4n) is 2.90. The molecule has 1 aromatic carbocycles. The van der Waals surface area contributed by atoms with Crippen LogP contribution < -0.4 is 11.1 Å². The van der Waals surface area contributed by atoms with Gasteiger partial charge in [-0.3, -0.25) is 9.88 Å². The molecule has 4 N–H and O–H groups in total. The monoisotopic (exact) mass is 394 g/mol. The van der Waals surface area contributed by atoms with Crippen LogP contribution in [0.1, 0.15) is 5.56 Å². The van der Waals surface area contributed by atoms with Gasteiger partial charge >= 0.3 is 6.09 Å². The summed E-state index contributed by atoms with van der Waals surface area (Å²) >= 11 is 5.90. The molecule has 28 heavy (non-hydrogen) atoms. The molecule has 3 heterocycles. The van der Waals surface area contributed by atoms with Crippen molar-refractivity contribution in [3.63, 3.8) is 0 Å². The van der Waals surface area contributed by atoms with E-state index in [2.05, 4.69) is 20.3 Å². The van der Waals surface area contributed by atoms with Gasteiger partial charge in [-0.1, -0.05) is 12.1 Å². The van der Waals surface area contributed by atoms with Crippen LogP contribution in [0.15, 0.2) is 54.7 Å². The number of carboxylic acid groups (broad SMARTS) is 1. The Bertz CT molecular complexity index is 1170. The third kappa shape index (κ3) is 3.21. The molecule has 9 heteroatoms. The Morgan fingerprint density at radius 1 is 1.14 bits per heavy atom. The van der Waals surface area contributed by atoms with E-state index in [0.717, 1.165) is 11.3 Å². The van der Waals surface area contributed by atoms with E-state index in [9.17, 15) is 4.79 Å². The van der Waals surface area contributed by atoms with Crippen LogP contribution in [0.3, 0.4) is 0 Å². The lowest BCUT2D eigenvalue weighted by molar-refractivity contribution is 0.209. The number of fused-ring (bicyclic) bond motifs is 1. The highest BCUT2D eigenvalue weighted by Crippen LogP contribution is 2.31. The van der Waals surface area contributed by atoms with E-state index in [1.807, 2.05) is 34.9 Å². The quantitative estimate of drug-likeness (QED) is 0.452. The van der Waals surface area contributed by atoms with Gasteiger partial charge in [-0.15, -0.1) is 11.6 Å². The molecule has 1 amide bonds. The molecule has 0 bridgehead atoms. The van der Waals surface area contributed by atoms with Gasteiger partial charge in [0.05, 0.1) is 5.56 Å². The van der Waals surface area contributed by atoms with E-state index < -0.39 is 6.09 Å². The number of nitrogen functional groups attached to an aromatic ring is 1. The molecule has 0 aliphatic carbocycles. The average molecular weight is 395 g/mol. The van der Waals surface area contributed by atoms with Crippen molar-refractivity contribution in [1.29, 1.82) is 0 Å². The van der Waals surface area contributed by atoms with Gasteiger partial charge in [0.2, 0.25) is 0 Å². The third-order valence-corrected chi connectivity index (χ3v) is 4.48. The lowest BCUT2D eigenvalue weighted by Gasteiger charge is -2.11. The molecule has 0 spiro atoms. The van der Waals surface area contributed by atoms with Crippen molar-refractivity contribution in [3.8, 4) is 17.1 Å². The average Bonchev–Trinajstić information content (AvgIpc) is 3.06. The molecule has 0 saturated heterocycles. The summed E-state index contributed by atoms with van der Waals surface area (Å²) < 4.78 is 1.81. The largest absolute Gasteiger partial charge is 0.465 e. The summed E-state index contributed by atoms with van der Waals surface area (Å²) in [4.78, 5) is 24.2. The first kappa shape index (κ1) is 17.7. The van der Waals surface area contributed by atoms with Gasteiger partial charge in [-0.2, -0.15) is 0 Å². The second-order valence-electron chi connectivity index (χ2n) is 5.98. The summed E-state index contributed by atoms with van der Waals surface area (Å²) in [6, 6.07) is 14.5. The van der Waals surface area contributed by atoms with Crippen molar-refractivity contribution < 1.29 is 9.90 Å². The van der Waals surface area contributed by atoms with E-state index >= 15 is 0 Å². The van der Waals surface area contributed by atoms with E-state index in [1.54, 1.807) is 24.4 Å². The Kier molecular flexibility index (Phi) is 4.54. The second-order valence-corrected chi connectivity index (χ2v) is 6.24. The Balaban J connectivity index is 1.99. The number of nitrogens with one attached hydrogen (secondary N) is 1. The number of nitrogens with zero attached hydrogens (tertiary/aromatic N) is 4. The lowest BCUT2D eigenvalue weighted by atomic mass is 10.2. The number of hydrogen-bond donors (Lipinski definition) is 3. The predicted octanol–water partition coefficient (Wildman–Crippen LogP) is 3.89. The van der Waals surface area contributed by atoms with E-state index in [-0.39, 0.29) is 5.82 Å². The zero-order chi connectivity index (χ0) is 19.7. The summed E-state index contributed by atoms with van der Waals surface area (Å²) in [7, 11) is 0. The van der Waals surface area contributed by atoms with Gasteiger partial charge in [-0.25, -0.2) is 19.7 Å². The van der Waals surface area contributed by atoms with Gasteiger partial charge in [0.25, 0.3) is 0 Å². The van der Waals surface area contributed by atoms with Crippen molar-refractivity contribution in [3.05, 3.63) is 60.3 Å². The van der Waals surface area contributed by atoms with Crippen molar-refractivity contribution in [2.75, 3.05) is 11.1 Å². The maximum absolute atomic E-state index is 11.0. The Hall–Kier alpha value is -3.65. The fraction of sp³-hybridized carbons (Fsp3) is 0.0526. The molecule has 4 rings (SSSR count). The van der Waals surface area contributed by atoms with Crippen LogP contribution in [-0.2, 0) is 5.88 Å². The number of hydrogen-bond acceptors (Lipinski definition) is 5. The lowest BCUT2D eigenvalue weighted by Crippen LogP contribution is -2.09. The van der Waals surface area contributed by atoms with Gasteiger partial charge in [0.1, 0.15) is 17.2 Å². The number of aromatic nitrogens is 4. The number of amides is 1. The minimum Gasteiger partial charge on any atom is -0.465 e. The van der Waals surface area contributed by atoms with Gasteiger partial charge in [0.15, 0.2) is 11.5 Å². The van der Waals surface area contributed by atoms with Crippen LogP contribution in [0.5, 0.6) is 0 Å². The normalized spacial score (nSPS) is 10.9. The predicted molar refractivity (Wildman–Crippen MR) is 108 cm³/mol. The molecule has 0 saturated carbocycles. The van der Waals surface area contributed by atoms with E-state index in [4.69, 9.17) is 22.4 Å². The van der Waals surface area contributed by atoms with Crippen LogP contribution in [0.4, 0.5) is 16.4 Å². The summed E-state index contributed by atoms with van der Waals surface area (Å²) in [6.45, 7) is 0. The second kappa shape index (κ2) is 7.16. The number of nitrogens with two attached hydrogens (primary N) is 1. The minimum atomic E-state index is -1.19. The van der Waals surface area contributed by atoms with Crippen LogP contribution in [0, 0.1) is 0 Å². The Labute approximate surface area is 164 Å². The first-order chi connectivity index (χ1) is 13.6. The first-order valence-corrected chi connectivity index (χ1v) is 8.86. The smallest absolute Gasteiger partial charge is 0.410 e. The Morgan fingerprint density at radius 2 is 1.93 bits per heavy atom. The molecular weight excluding hydrogens is 380 g/mol. The molecule has 0 aliphatic rings. The minimum absolute atomic E-state index is 0.198. The van der Waals surface area contributed by atoms with Crippen LogP contribution in [-0.4, -0.2) is 30.7 Å². The molecule has 8 nitrogen and oxygen atoms in total. The highest BCUT2D eigenvalue weighted by Gasteiger charge is 2.18. The molecule has 0 fully saturated rings. The molecule has 0 atom stereocenters. The van der Waals surface area contributed by atoms with Crippen LogP contribution in [0.2, 0.25) is 0 Å². The standard InChI is InChI=1S/C19H15ClN6O2/c20-10-11-3-5-12(6-4-11)26-17(13-2-1-9-22-16(13)21)23-14-7-8-15(24-18(14)26)25-19(27)28/h1-9H,10H2,(H2,21,22)(H,24,25)(H,27,28). The number of carbonyl (C=O) groups is 1. The number of alkyl halides is 1. The number of imidazole rings is 1. The number of benzene rings is 1. The van der Waals surface area contributed by atoms with Crippen LogP contribution >= 0.6 is 11.6 Å². The molecule has 3 aromatic heterocycles. The SMILES string of the molecule is Nc1ncccc1-c1nc2ccc(NC(=O)O)nc2n1-c1ccc(CCl)cc1. The van der Waals surface area contributed by atoms with Crippen molar-refractivity contribution in [2.45, 2.75) is 5.88 Å². The topological polar surface area (TPSA) is 119 Å². The van der Waals surface area contributed by atoms with Crippen molar-refractivity contribution in [2.24, 2.45) is 0 Å². The summed E-state index contributed by atoms with van der Waals surface area (Å²) in [5, 5.41) is 11.3. The summed E-state index contributed by atoms with van der Waals surface area (Å²) in [5.74, 6) is 1.49. The highest BCUT2D eigenvalue weighted by molar-refractivity contribution is 6.17. The van der Waals surface area contributed by atoms with Crippen LogP contribution in [0.25, 0.3) is 28.2 Å². The number of halogens is 1.